The Hall–Kier alpha value is -4.28. The normalized spacial score (nSPS) is 14.5. The quantitative estimate of drug-likeness (QED) is 0.0169. The Labute approximate surface area is 607 Å². The van der Waals surface area contributed by atoms with Crippen LogP contribution in [-0.4, -0.2) is 96.7 Å². The van der Waals surface area contributed by atoms with E-state index < -0.39 is 97.5 Å². The Morgan fingerprint density at radius 3 is 0.820 bits per heavy atom. The molecule has 0 fully saturated rings. The molecular formula is C81H140O17P2. The standard InChI is InChI=1S/C81H140O17P2/c1-5-9-13-17-21-25-29-33-35-37-39-43-47-51-55-59-63-67-80(85)97-76(71-91-78(83)65-61-57-53-49-45-41-31-27-23-19-15-11-7-3)73-95-99(87,88)93-69-75(82)70-94-100(89,90)96-74-77(72-92-79(84)66-62-58-54-50-46-42-32-28-24-20-16-12-8-4)98-81(86)68-64-60-56-52-48-44-40-38-36-34-30-26-22-18-14-10-6-2/h21-22,25-27,31,33-36,39-40,43-44,51-52,55-56,75-77,82H,5-20,23-24,28-30,32,37-38,41-42,45-50,53-54,57-74H2,1-4H3,(H,87,88)(H,89,90)/b25-21-,26-22-,31-27-,35-33-,36-34-,43-39-,44-40-,55-51-,56-52-/t75-,76-,77-/m1/s1. The monoisotopic (exact) mass is 1450 g/mol. The van der Waals surface area contributed by atoms with Crippen LogP contribution in [0.25, 0.3) is 0 Å². The fraction of sp³-hybridized carbons (Fsp3) is 0.728. The van der Waals surface area contributed by atoms with Crippen LogP contribution in [0.3, 0.4) is 0 Å². The lowest BCUT2D eigenvalue weighted by atomic mass is 10.0. The van der Waals surface area contributed by atoms with Crippen molar-refractivity contribution >= 4 is 39.5 Å². The van der Waals surface area contributed by atoms with Gasteiger partial charge in [-0.2, -0.15) is 0 Å². The summed E-state index contributed by atoms with van der Waals surface area (Å²) in [6.07, 6.45) is 78.0. The maximum absolute atomic E-state index is 13.1. The number of aliphatic hydroxyl groups excluding tert-OH is 1. The first kappa shape index (κ1) is 95.7. The third kappa shape index (κ3) is 72.1. The van der Waals surface area contributed by atoms with Crippen molar-refractivity contribution in [3.63, 3.8) is 0 Å². The number of hydrogen-bond acceptors (Lipinski definition) is 15. The maximum atomic E-state index is 13.1. The fourth-order valence-electron chi connectivity index (χ4n) is 10.2. The van der Waals surface area contributed by atoms with E-state index in [2.05, 4.69) is 113 Å². The molecule has 2 unspecified atom stereocenters. The van der Waals surface area contributed by atoms with Crippen molar-refractivity contribution in [3.8, 4) is 0 Å². The van der Waals surface area contributed by atoms with Crippen molar-refractivity contribution < 1.29 is 80.2 Å². The van der Waals surface area contributed by atoms with E-state index in [1.807, 2.05) is 24.3 Å². The van der Waals surface area contributed by atoms with Crippen LogP contribution in [0.2, 0.25) is 0 Å². The highest BCUT2D eigenvalue weighted by molar-refractivity contribution is 7.47. The van der Waals surface area contributed by atoms with Crippen LogP contribution in [-0.2, 0) is 65.4 Å². The third-order valence-corrected chi connectivity index (χ3v) is 18.1. The Morgan fingerprint density at radius 2 is 0.500 bits per heavy atom. The molecule has 19 heteroatoms. The molecule has 0 bridgehead atoms. The Balaban J connectivity index is 5.45. The molecule has 0 aromatic heterocycles. The molecule has 0 rings (SSSR count). The molecule has 0 aliphatic carbocycles. The summed E-state index contributed by atoms with van der Waals surface area (Å²) in [6.45, 7) is 4.68. The van der Waals surface area contributed by atoms with Gasteiger partial charge in [-0.05, 0) is 128 Å². The first-order chi connectivity index (χ1) is 48.7. The highest BCUT2D eigenvalue weighted by atomic mass is 31.2. The molecule has 0 aliphatic rings. The van der Waals surface area contributed by atoms with Gasteiger partial charge in [0.25, 0.3) is 0 Å². The number of esters is 4. The number of rotatable bonds is 73. The van der Waals surface area contributed by atoms with E-state index in [0.717, 1.165) is 109 Å². The molecule has 3 N–H and O–H groups in total. The molecule has 100 heavy (non-hydrogen) atoms. The van der Waals surface area contributed by atoms with Crippen LogP contribution in [0, 0.1) is 0 Å². The molecule has 0 radical (unpaired) electrons. The van der Waals surface area contributed by atoms with E-state index in [-0.39, 0.29) is 25.7 Å². The lowest BCUT2D eigenvalue weighted by Crippen LogP contribution is -2.30. The number of unbranched alkanes of at least 4 members (excludes halogenated alkanes) is 29. The number of aliphatic hydroxyl groups is 1. The van der Waals surface area contributed by atoms with Gasteiger partial charge in [0, 0.05) is 25.7 Å². The summed E-state index contributed by atoms with van der Waals surface area (Å²) in [4.78, 5) is 72.8. The van der Waals surface area contributed by atoms with Gasteiger partial charge in [-0.3, -0.25) is 37.3 Å². The van der Waals surface area contributed by atoms with Crippen LogP contribution < -0.4 is 0 Å². The van der Waals surface area contributed by atoms with Gasteiger partial charge in [0.1, 0.15) is 19.3 Å². The van der Waals surface area contributed by atoms with Crippen molar-refractivity contribution in [1.29, 1.82) is 0 Å². The average molecular weight is 1450 g/mol. The Bertz CT molecular complexity index is 2320. The molecule has 0 saturated carbocycles. The van der Waals surface area contributed by atoms with Crippen molar-refractivity contribution in [2.24, 2.45) is 0 Å². The predicted molar refractivity (Wildman–Crippen MR) is 408 cm³/mol. The van der Waals surface area contributed by atoms with E-state index in [4.69, 9.17) is 37.0 Å². The largest absolute Gasteiger partial charge is 0.472 e. The van der Waals surface area contributed by atoms with Gasteiger partial charge in [-0.1, -0.05) is 278 Å². The van der Waals surface area contributed by atoms with Gasteiger partial charge in [-0.15, -0.1) is 0 Å². The number of ether oxygens (including phenoxy) is 4. The maximum Gasteiger partial charge on any atom is 0.472 e. The summed E-state index contributed by atoms with van der Waals surface area (Å²) in [5, 5.41) is 10.6. The first-order valence-corrected chi connectivity index (χ1v) is 42.1. The first-order valence-electron chi connectivity index (χ1n) is 39.1. The second-order valence-corrected chi connectivity index (χ2v) is 28.9. The van der Waals surface area contributed by atoms with Gasteiger partial charge in [0.15, 0.2) is 12.2 Å². The zero-order valence-electron chi connectivity index (χ0n) is 62.8. The van der Waals surface area contributed by atoms with Gasteiger partial charge in [0.2, 0.25) is 0 Å². The van der Waals surface area contributed by atoms with E-state index in [9.17, 15) is 43.2 Å². The molecule has 0 amide bonds. The SMILES string of the molecule is CCCCC/C=C\C/C=C\C/C=C\C/C=C\CCCC(=O)O[C@H](COC(=O)CCCCCCC/C=C\CCCCCC)COP(=O)(O)OC[C@@H](O)COP(=O)(O)OC[C@@H](COC(=O)CCCCCCCCCCCCCCC)OC(=O)CCC/C=C\C/C=C\C/C=C\C/C=C\CCCCC. The van der Waals surface area contributed by atoms with E-state index in [0.29, 0.717) is 38.5 Å². The second-order valence-electron chi connectivity index (χ2n) is 25.9. The van der Waals surface area contributed by atoms with E-state index >= 15 is 0 Å². The highest BCUT2D eigenvalue weighted by Crippen LogP contribution is 2.45. The van der Waals surface area contributed by atoms with Crippen LogP contribution in [0.1, 0.15) is 323 Å². The summed E-state index contributed by atoms with van der Waals surface area (Å²) in [7, 11) is -9.99. The third-order valence-electron chi connectivity index (χ3n) is 16.2. The van der Waals surface area contributed by atoms with Gasteiger partial charge >= 0.3 is 39.5 Å². The lowest BCUT2D eigenvalue weighted by molar-refractivity contribution is -0.161. The number of hydrogen-bond donors (Lipinski definition) is 3. The summed E-state index contributed by atoms with van der Waals surface area (Å²) in [5.74, 6) is -2.31. The summed E-state index contributed by atoms with van der Waals surface area (Å²) >= 11 is 0. The van der Waals surface area contributed by atoms with Crippen molar-refractivity contribution in [2.45, 2.75) is 341 Å². The summed E-state index contributed by atoms with van der Waals surface area (Å²) in [6, 6.07) is 0. The summed E-state index contributed by atoms with van der Waals surface area (Å²) < 4.78 is 68.4. The van der Waals surface area contributed by atoms with Crippen LogP contribution in [0.4, 0.5) is 0 Å². The molecule has 0 saturated heterocycles. The number of carbonyl (C=O) groups is 4. The number of phosphoric ester groups is 2. The molecule has 5 atom stereocenters. The predicted octanol–water partition coefficient (Wildman–Crippen LogP) is 22.6. The number of phosphoric acid groups is 2. The van der Waals surface area contributed by atoms with Gasteiger partial charge in [0.05, 0.1) is 26.4 Å². The van der Waals surface area contributed by atoms with Crippen LogP contribution in [0.5, 0.6) is 0 Å². The number of carbonyl (C=O) groups excluding carboxylic acids is 4. The fourth-order valence-corrected chi connectivity index (χ4v) is 11.8. The molecule has 0 heterocycles. The molecule has 0 aliphatic heterocycles. The molecule has 576 valence electrons. The lowest BCUT2D eigenvalue weighted by Gasteiger charge is -2.21. The average Bonchev–Trinajstić information content (AvgIpc) is 0.959. The van der Waals surface area contributed by atoms with Crippen LogP contribution >= 0.6 is 15.6 Å². The molecule has 0 aromatic rings. The number of allylic oxidation sites excluding steroid dienone is 18. The van der Waals surface area contributed by atoms with E-state index in [1.54, 1.807) is 0 Å². The van der Waals surface area contributed by atoms with Crippen molar-refractivity contribution in [2.75, 3.05) is 39.6 Å². The summed E-state index contributed by atoms with van der Waals surface area (Å²) in [5.41, 5.74) is 0. The molecule has 17 nitrogen and oxygen atoms in total. The molecule has 0 aromatic carbocycles. The van der Waals surface area contributed by atoms with Crippen LogP contribution in [0.15, 0.2) is 109 Å². The smallest absolute Gasteiger partial charge is 0.462 e. The van der Waals surface area contributed by atoms with E-state index in [1.165, 1.54) is 122 Å². The molecule has 0 spiro atoms. The highest BCUT2D eigenvalue weighted by Gasteiger charge is 2.30. The topological polar surface area (TPSA) is 237 Å². The zero-order valence-corrected chi connectivity index (χ0v) is 64.6. The minimum Gasteiger partial charge on any atom is -0.462 e. The minimum absolute atomic E-state index is 0.0156. The minimum atomic E-state index is -4.99. The Morgan fingerprint density at radius 1 is 0.280 bits per heavy atom. The zero-order chi connectivity index (χ0) is 73.2. The second kappa shape index (κ2) is 73.0. The molecular weight excluding hydrogens is 1310 g/mol. The van der Waals surface area contributed by atoms with Gasteiger partial charge in [-0.25, -0.2) is 9.13 Å². The van der Waals surface area contributed by atoms with Gasteiger partial charge < -0.3 is 33.8 Å². The Kier molecular flexibility index (Phi) is 69.9. The van der Waals surface area contributed by atoms with Crippen molar-refractivity contribution in [3.05, 3.63) is 109 Å². The van der Waals surface area contributed by atoms with Crippen molar-refractivity contribution in [1.82, 2.24) is 0 Å².